The van der Waals surface area contributed by atoms with Gasteiger partial charge >= 0.3 is 5.97 Å². The van der Waals surface area contributed by atoms with Crippen LogP contribution in [0, 0.1) is 0 Å². The van der Waals surface area contributed by atoms with E-state index in [0.29, 0.717) is 5.69 Å². The van der Waals surface area contributed by atoms with Crippen molar-refractivity contribution in [2.45, 2.75) is 0 Å². The van der Waals surface area contributed by atoms with Crippen molar-refractivity contribution in [1.29, 1.82) is 0 Å². The van der Waals surface area contributed by atoms with E-state index < -0.39 is 5.97 Å². The molecule has 0 fully saturated rings. The fraction of sp³-hybridized carbons (Fsp3) is 0.143. The summed E-state index contributed by atoms with van der Waals surface area (Å²) in [5.41, 5.74) is 0.351. The first-order valence-corrected chi connectivity index (χ1v) is 4.20. The summed E-state index contributed by atoms with van der Waals surface area (Å²) in [5.74, 6) is -0.397. The molecular formula is C7H7ClN2O2S. The van der Waals surface area contributed by atoms with Crippen LogP contribution in [0.25, 0.3) is 4.96 Å². The van der Waals surface area contributed by atoms with Crippen LogP contribution in [0.2, 0.25) is 0 Å². The summed E-state index contributed by atoms with van der Waals surface area (Å²) in [6.45, 7) is 0. The van der Waals surface area contributed by atoms with E-state index in [-0.39, 0.29) is 12.4 Å². The summed E-state index contributed by atoms with van der Waals surface area (Å²) < 4.78 is 6.31. The number of hydrogen-bond acceptors (Lipinski definition) is 4. The second-order valence-corrected chi connectivity index (χ2v) is 3.08. The average Bonchev–Trinajstić information content (AvgIpc) is 2.60. The minimum absolute atomic E-state index is 0. The first-order chi connectivity index (χ1) is 5.81. The summed E-state index contributed by atoms with van der Waals surface area (Å²) in [4.78, 5) is 15.8. The van der Waals surface area contributed by atoms with Gasteiger partial charge in [-0.3, -0.25) is 4.40 Å². The lowest BCUT2D eigenvalue weighted by Crippen LogP contribution is -2.00. The molecular weight excluding hydrogens is 212 g/mol. The maximum absolute atomic E-state index is 11.0. The lowest BCUT2D eigenvalue weighted by Gasteiger charge is -1.89. The molecule has 0 aromatic carbocycles. The molecule has 0 atom stereocenters. The summed E-state index contributed by atoms with van der Waals surface area (Å²) in [6.07, 6.45) is 3.50. The summed E-state index contributed by atoms with van der Waals surface area (Å²) in [7, 11) is 1.34. The Bertz CT molecular complexity index is 394. The molecule has 0 unspecified atom stereocenters. The number of nitrogens with zero attached hydrogens (tertiary/aromatic N) is 2. The Morgan fingerprint density at radius 1 is 1.69 bits per heavy atom. The molecule has 0 aliphatic carbocycles. The third kappa shape index (κ3) is 1.66. The fourth-order valence-corrected chi connectivity index (χ4v) is 1.63. The molecule has 0 spiro atoms. The van der Waals surface area contributed by atoms with Crippen LogP contribution in [0.5, 0.6) is 0 Å². The number of fused-ring (bicyclic) bond motifs is 1. The van der Waals surface area contributed by atoms with Gasteiger partial charge in [0.25, 0.3) is 0 Å². The van der Waals surface area contributed by atoms with E-state index in [0.717, 1.165) is 4.96 Å². The van der Waals surface area contributed by atoms with Crippen LogP contribution < -0.4 is 0 Å². The molecule has 0 radical (unpaired) electrons. The van der Waals surface area contributed by atoms with Gasteiger partial charge < -0.3 is 4.74 Å². The van der Waals surface area contributed by atoms with E-state index in [1.807, 2.05) is 11.6 Å². The summed E-state index contributed by atoms with van der Waals surface area (Å²) in [5, 5.41) is 1.91. The minimum Gasteiger partial charge on any atom is -0.464 e. The van der Waals surface area contributed by atoms with Gasteiger partial charge in [0.1, 0.15) is 0 Å². The fourth-order valence-electron chi connectivity index (χ4n) is 0.930. The molecule has 0 bridgehead atoms. The Kier molecular flexibility index (Phi) is 2.90. The molecule has 6 heteroatoms. The van der Waals surface area contributed by atoms with E-state index in [1.54, 1.807) is 10.6 Å². The van der Waals surface area contributed by atoms with Crippen molar-refractivity contribution in [3.63, 3.8) is 0 Å². The molecule has 0 aliphatic heterocycles. The Morgan fingerprint density at radius 2 is 2.46 bits per heavy atom. The maximum atomic E-state index is 11.0. The third-order valence-corrected chi connectivity index (χ3v) is 2.26. The van der Waals surface area contributed by atoms with Gasteiger partial charge in [-0.25, -0.2) is 9.78 Å². The largest absolute Gasteiger partial charge is 0.464 e. The number of thiazole rings is 1. The van der Waals surface area contributed by atoms with Gasteiger partial charge in [-0.1, -0.05) is 0 Å². The second-order valence-electron chi connectivity index (χ2n) is 2.21. The molecule has 2 aromatic heterocycles. The molecule has 4 nitrogen and oxygen atoms in total. The van der Waals surface area contributed by atoms with Crippen molar-refractivity contribution in [3.05, 3.63) is 23.5 Å². The number of rotatable bonds is 1. The molecule has 0 amide bonds. The maximum Gasteiger partial charge on any atom is 0.358 e. The topological polar surface area (TPSA) is 43.6 Å². The van der Waals surface area contributed by atoms with Crippen molar-refractivity contribution in [2.24, 2.45) is 0 Å². The molecule has 0 saturated carbocycles. The predicted molar refractivity (Wildman–Crippen MR) is 51.7 cm³/mol. The molecule has 2 aromatic rings. The Hall–Kier alpha value is -1.07. The highest BCUT2D eigenvalue weighted by Gasteiger charge is 2.10. The van der Waals surface area contributed by atoms with E-state index in [4.69, 9.17) is 0 Å². The van der Waals surface area contributed by atoms with Crippen LogP contribution in [0.4, 0.5) is 0 Å². The number of ether oxygens (including phenoxy) is 1. The van der Waals surface area contributed by atoms with Crippen molar-refractivity contribution in [3.8, 4) is 0 Å². The minimum atomic E-state index is -0.397. The van der Waals surface area contributed by atoms with Crippen LogP contribution in [0.15, 0.2) is 17.8 Å². The van der Waals surface area contributed by atoms with Crippen LogP contribution in [0.1, 0.15) is 10.5 Å². The van der Waals surface area contributed by atoms with Crippen LogP contribution in [-0.4, -0.2) is 22.5 Å². The zero-order valence-corrected chi connectivity index (χ0v) is 8.39. The quantitative estimate of drug-likeness (QED) is 0.683. The van der Waals surface area contributed by atoms with E-state index in [1.165, 1.54) is 18.4 Å². The number of esters is 1. The Labute approximate surface area is 84.6 Å². The zero-order chi connectivity index (χ0) is 8.55. The highest BCUT2D eigenvalue weighted by molar-refractivity contribution is 7.15. The van der Waals surface area contributed by atoms with Gasteiger partial charge in [-0.2, -0.15) is 0 Å². The molecule has 70 valence electrons. The van der Waals surface area contributed by atoms with Crippen LogP contribution in [0.3, 0.4) is 0 Å². The number of imidazole rings is 1. The molecule has 0 aliphatic rings. The first kappa shape index (κ1) is 10.0. The number of aromatic nitrogens is 2. The monoisotopic (exact) mass is 218 g/mol. The average molecular weight is 219 g/mol. The second kappa shape index (κ2) is 3.76. The number of carbonyl (C=O) groups is 1. The van der Waals surface area contributed by atoms with Gasteiger partial charge in [-0.15, -0.1) is 23.7 Å². The van der Waals surface area contributed by atoms with Crippen LogP contribution >= 0.6 is 23.7 Å². The summed E-state index contributed by atoms with van der Waals surface area (Å²) in [6, 6.07) is 0. The smallest absolute Gasteiger partial charge is 0.358 e. The number of halogens is 1. The van der Waals surface area contributed by atoms with Crippen molar-refractivity contribution >= 4 is 34.7 Å². The van der Waals surface area contributed by atoms with E-state index in [2.05, 4.69) is 9.72 Å². The van der Waals surface area contributed by atoms with Crippen molar-refractivity contribution in [2.75, 3.05) is 7.11 Å². The summed E-state index contributed by atoms with van der Waals surface area (Å²) >= 11 is 1.48. The molecule has 2 heterocycles. The number of carbonyl (C=O) groups excluding carboxylic acids is 1. The predicted octanol–water partition coefficient (Wildman–Crippen LogP) is 1.60. The third-order valence-electron chi connectivity index (χ3n) is 1.49. The normalized spacial score (nSPS) is 9.62. The van der Waals surface area contributed by atoms with Crippen molar-refractivity contribution < 1.29 is 9.53 Å². The SMILES string of the molecule is COC(=O)c1cn2ccsc2n1.Cl. The molecule has 2 rings (SSSR count). The molecule has 0 N–H and O–H groups in total. The van der Waals surface area contributed by atoms with E-state index >= 15 is 0 Å². The molecule has 0 saturated heterocycles. The highest BCUT2D eigenvalue weighted by atomic mass is 35.5. The zero-order valence-electron chi connectivity index (χ0n) is 6.76. The standard InChI is InChI=1S/C7H6N2O2S.ClH/c1-11-6(10)5-4-9-2-3-12-7(9)8-5;/h2-4H,1H3;1H. The van der Waals surface area contributed by atoms with Gasteiger partial charge in [0.05, 0.1) is 7.11 Å². The Morgan fingerprint density at radius 3 is 3.08 bits per heavy atom. The van der Waals surface area contributed by atoms with Gasteiger partial charge in [-0.05, 0) is 0 Å². The molecule has 13 heavy (non-hydrogen) atoms. The first-order valence-electron chi connectivity index (χ1n) is 3.32. The number of methoxy groups -OCH3 is 1. The van der Waals surface area contributed by atoms with Gasteiger partial charge in [0.2, 0.25) is 0 Å². The van der Waals surface area contributed by atoms with Gasteiger partial charge in [0, 0.05) is 17.8 Å². The highest BCUT2D eigenvalue weighted by Crippen LogP contribution is 2.11. The number of hydrogen-bond donors (Lipinski definition) is 0. The lowest BCUT2D eigenvalue weighted by molar-refractivity contribution is 0.0595. The van der Waals surface area contributed by atoms with E-state index in [9.17, 15) is 4.79 Å². The van der Waals surface area contributed by atoms with Crippen molar-refractivity contribution in [1.82, 2.24) is 9.38 Å². The lowest BCUT2D eigenvalue weighted by atomic mass is 10.5. The van der Waals surface area contributed by atoms with Crippen LogP contribution in [-0.2, 0) is 4.74 Å². The Balaban J connectivity index is 0.000000845. The van der Waals surface area contributed by atoms with Gasteiger partial charge in [0.15, 0.2) is 10.7 Å².